The standard InChI is InChI=1S/C17H23N3S/c1-3-15(18-4-2)16-6-5-14(11-19-16)20-9-7-17-13(12-20)8-10-21-17/h5-6,8,10-11,15,18H,3-4,7,9,12H2,1-2H3. The van der Waals surface area contributed by atoms with Gasteiger partial charge >= 0.3 is 0 Å². The summed E-state index contributed by atoms with van der Waals surface area (Å²) in [6.07, 6.45) is 4.26. The van der Waals surface area contributed by atoms with Crippen LogP contribution in [0, 0.1) is 0 Å². The summed E-state index contributed by atoms with van der Waals surface area (Å²) in [6.45, 7) is 7.44. The molecule has 3 rings (SSSR count). The van der Waals surface area contributed by atoms with Crippen LogP contribution in [-0.2, 0) is 13.0 Å². The highest BCUT2D eigenvalue weighted by molar-refractivity contribution is 7.10. The molecule has 0 saturated heterocycles. The largest absolute Gasteiger partial charge is 0.366 e. The number of hydrogen-bond donors (Lipinski definition) is 1. The highest BCUT2D eigenvalue weighted by Gasteiger charge is 2.18. The van der Waals surface area contributed by atoms with Gasteiger partial charge in [0.15, 0.2) is 0 Å². The van der Waals surface area contributed by atoms with Gasteiger partial charge < -0.3 is 10.2 Å². The summed E-state index contributed by atoms with van der Waals surface area (Å²) in [6, 6.07) is 7.02. The van der Waals surface area contributed by atoms with Crippen LogP contribution in [0.2, 0.25) is 0 Å². The molecule has 2 aromatic heterocycles. The highest BCUT2D eigenvalue weighted by Crippen LogP contribution is 2.28. The molecule has 2 aromatic rings. The Labute approximate surface area is 131 Å². The topological polar surface area (TPSA) is 28.2 Å². The molecule has 0 fully saturated rings. The Morgan fingerprint density at radius 3 is 2.95 bits per heavy atom. The van der Waals surface area contributed by atoms with Crippen LogP contribution in [0.15, 0.2) is 29.8 Å². The van der Waals surface area contributed by atoms with E-state index >= 15 is 0 Å². The second-order valence-electron chi connectivity index (χ2n) is 5.50. The molecule has 1 aliphatic heterocycles. The molecule has 0 amide bonds. The van der Waals surface area contributed by atoms with E-state index in [4.69, 9.17) is 0 Å². The van der Waals surface area contributed by atoms with Crippen molar-refractivity contribution in [2.45, 2.75) is 39.3 Å². The van der Waals surface area contributed by atoms with Crippen LogP contribution in [0.25, 0.3) is 0 Å². The number of anilines is 1. The molecule has 112 valence electrons. The monoisotopic (exact) mass is 301 g/mol. The van der Waals surface area contributed by atoms with E-state index in [1.54, 1.807) is 4.88 Å². The van der Waals surface area contributed by atoms with Gasteiger partial charge in [-0.1, -0.05) is 13.8 Å². The third kappa shape index (κ3) is 3.11. The number of thiophene rings is 1. The summed E-state index contributed by atoms with van der Waals surface area (Å²) in [5, 5.41) is 5.69. The molecule has 21 heavy (non-hydrogen) atoms. The molecule has 0 aromatic carbocycles. The van der Waals surface area contributed by atoms with Crippen LogP contribution >= 0.6 is 11.3 Å². The highest BCUT2D eigenvalue weighted by atomic mass is 32.1. The van der Waals surface area contributed by atoms with Crippen LogP contribution in [0.1, 0.15) is 42.4 Å². The minimum Gasteiger partial charge on any atom is -0.366 e. The van der Waals surface area contributed by atoms with Crippen molar-refractivity contribution in [3.63, 3.8) is 0 Å². The van der Waals surface area contributed by atoms with Gasteiger partial charge in [-0.05, 0) is 48.5 Å². The second kappa shape index (κ2) is 6.58. The fourth-order valence-electron chi connectivity index (χ4n) is 2.96. The second-order valence-corrected chi connectivity index (χ2v) is 6.50. The molecule has 1 aliphatic rings. The van der Waals surface area contributed by atoms with E-state index in [1.165, 1.54) is 11.3 Å². The van der Waals surface area contributed by atoms with Gasteiger partial charge in [-0.2, -0.15) is 0 Å². The number of fused-ring (bicyclic) bond motifs is 1. The quantitative estimate of drug-likeness (QED) is 0.911. The fraction of sp³-hybridized carbons (Fsp3) is 0.471. The Hall–Kier alpha value is -1.39. The Morgan fingerprint density at radius 2 is 2.24 bits per heavy atom. The van der Waals surface area contributed by atoms with Crippen LogP contribution < -0.4 is 10.2 Å². The molecule has 0 bridgehead atoms. The van der Waals surface area contributed by atoms with Gasteiger partial charge in [0.1, 0.15) is 0 Å². The Balaban J connectivity index is 1.73. The third-order valence-electron chi connectivity index (χ3n) is 4.16. The molecule has 4 heteroatoms. The molecule has 0 radical (unpaired) electrons. The number of rotatable bonds is 5. The normalized spacial score (nSPS) is 15.8. The average Bonchev–Trinajstić information content (AvgIpc) is 3.00. The molecule has 1 unspecified atom stereocenters. The van der Waals surface area contributed by atoms with Crippen molar-refractivity contribution >= 4 is 17.0 Å². The third-order valence-corrected chi connectivity index (χ3v) is 5.18. The maximum absolute atomic E-state index is 4.69. The van der Waals surface area contributed by atoms with Gasteiger partial charge in [0, 0.05) is 24.0 Å². The number of nitrogens with zero attached hydrogens (tertiary/aromatic N) is 2. The van der Waals surface area contributed by atoms with Gasteiger partial charge in [0.05, 0.1) is 17.6 Å². The first-order chi connectivity index (χ1) is 10.3. The lowest BCUT2D eigenvalue weighted by atomic mass is 10.1. The van der Waals surface area contributed by atoms with E-state index < -0.39 is 0 Å². The predicted octanol–water partition coefficient (Wildman–Crippen LogP) is 3.77. The fourth-order valence-corrected chi connectivity index (χ4v) is 3.85. The van der Waals surface area contributed by atoms with Crippen molar-refractivity contribution in [3.8, 4) is 0 Å². The summed E-state index contributed by atoms with van der Waals surface area (Å²) < 4.78 is 0. The van der Waals surface area contributed by atoms with Gasteiger partial charge in [-0.3, -0.25) is 4.98 Å². The van der Waals surface area contributed by atoms with Crippen LogP contribution in [-0.4, -0.2) is 18.1 Å². The lowest BCUT2D eigenvalue weighted by molar-refractivity contribution is 0.524. The minimum absolute atomic E-state index is 0.369. The van der Waals surface area contributed by atoms with Crippen molar-refractivity contribution < 1.29 is 0 Å². The number of hydrogen-bond acceptors (Lipinski definition) is 4. The van der Waals surface area contributed by atoms with Crippen molar-refractivity contribution in [1.29, 1.82) is 0 Å². The average molecular weight is 301 g/mol. The molecule has 0 saturated carbocycles. The molecule has 3 nitrogen and oxygen atoms in total. The molecule has 1 N–H and O–H groups in total. The van der Waals surface area contributed by atoms with Gasteiger partial charge in [-0.15, -0.1) is 11.3 Å². The summed E-state index contributed by atoms with van der Waals surface area (Å²) >= 11 is 1.89. The summed E-state index contributed by atoms with van der Waals surface area (Å²) in [5.41, 5.74) is 3.87. The summed E-state index contributed by atoms with van der Waals surface area (Å²) in [7, 11) is 0. The van der Waals surface area contributed by atoms with E-state index in [1.807, 2.05) is 17.5 Å². The van der Waals surface area contributed by atoms with E-state index in [-0.39, 0.29) is 0 Å². The van der Waals surface area contributed by atoms with E-state index in [9.17, 15) is 0 Å². The molecule has 0 aliphatic carbocycles. The van der Waals surface area contributed by atoms with Crippen LogP contribution in [0.4, 0.5) is 5.69 Å². The predicted molar refractivity (Wildman–Crippen MR) is 90.0 cm³/mol. The number of pyridine rings is 1. The first kappa shape index (κ1) is 14.5. The lowest BCUT2D eigenvalue weighted by Gasteiger charge is -2.29. The first-order valence-corrected chi connectivity index (χ1v) is 8.69. The van der Waals surface area contributed by atoms with E-state index in [2.05, 4.69) is 52.6 Å². The van der Waals surface area contributed by atoms with Gasteiger partial charge in [-0.25, -0.2) is 0 Å². The summed E-state index contributed by atoms with van der Waals surface area (Å²) in [5.74, 6) is 0. The van der Waals surface area contributed by atoms with Crippen LogP contribution in [0.3, 0.4) is 0 Å². The minimum atomic E-state index is 0.369. The van der Waals surface area contributed by atoms with Crippen molar-refractivity contribution in [2.75, 3.05) is 18.0 Å². The van der Waals surface area contributed by atoms with E-state index in [0.29, 0.717) is 6.04 Å². The smallest absolute Gasteiger partial charge is 0.0574 e. The maximum Gasteiger partial charge on any atom is 0.0574 e. The molecule has 0 spiro atoms. The van der Waals surface area contributed by atoms with Gasteiger partial charge in [0.2, 0.25) is 0 Å². The van der Waals surface area contributed by atoms with Gasteiger partial charge in [0.25, 0.3) is 0 Å². The summed E-state index contributed by atoms with van der Waals surface area (Å²) in [4.78, 5) is 8.67. The number of aromatic nitrogens is 1. The zero-order chi connectivity index (χ0) is 14.7. The molecule has 1 atom stereocenters. The first-order valence-electron chi connectivity index (χ1n) is 7.81. The molecular weight excluding hydrogens is 278 g/mol. The lowest BCUT2D eigenvalue weighted by Crippen LogP contribution is -2.29. The van der Waals surface area contributed by atoms with E-state index in [0.717, 1.165) is 38.2 Å². The van der Waals surface area contributed by atoms with Crippen LogP contribution in [0.5, 0.6) is 0 Å². The Kier molecular flexibility index (Phi) is 4.56. The Morgan fingerprint density at radius 1 is 1.33 bits per heavy atom. The molecular formula is C17H23N3S. The van der Waals surface area contributed by atoms with Crippen molar-refractivity contribution in [3.05, 3.63) is 45.9 Å². The zero-order valence-electron chi connectivity index (χ0n) is 12.8. The SMILES string of the molecule is CCNC(CC)c1ccc(N2CCc3sccc3C2)cn1. The maximum atomic E-state index is 4.69. The van der Waals surface area contributed by atoms with Crippen molar-refractivity contribution in [1.82, 2.24) is 10.3 Å². The molecule has 3 heterocycles. The van der Waals surface area contributed by atoms with Crippen molar-refractivity contribution in [2.24, 2.45) is 0 Å². The zero-order valence-corrected chi connectivity index (χ0v) is 13.6. The Bertz CT molecular complexity index is 576. The number of nitrogens with one attached hydrogen (secondary N) is 1.